The first kappa shape index (κ1) is 16.3. The fourth-order valence-electron chi connectivity index (χ4n) is 2.66. The minimum Gasteiger partial charge on any atom is -0.339 e. The van der Waals surface area contributed by atoms with Gasteiger partial charge in [0.15, 0.2) is 0 Å². The van der Waals surface area contributed by atoms with Crippen LogP contribution >= 0.6 is 10.7 Å². The number of halogens is 1. The molecule has 21 heavy (non-hydrogen) atoms. The summed E-state index contributed by atoms with van der Waals surface area (Å²) >= 11 is 0. The van der Waals surface area contributed by atoms with Gasteiger partial charge in [-0.15, -0.1) is 0 Å². The molecule has 1 amide bonds. The second-order valence-corrected chi connectivity index (χ2v) is 8.37. The lowest BCUT2D eigenvalue weighted by molar-refractivity contribution is 0.0760. The van der Waals surface area contributed by atoms with E-state index in [9.17, 15) is 13.2 Å². The average molecular weight is 330 g/mol. The summed E-state index contributed by atoms with van der Waals surface area (Å²) in [5, 5.41) is 0. The van der Waals surface area contributed by atoms with E-state index in [1.165, 1.54) is 12.1 Å². The standard InChI is InChI=1S/C15H20ClNO3S/c1-11-4-3-6-17(7-5-11)15(18)13-8-12(2)9-14(10-13)21(16,19)20/h8-11H,3-7H2,1-2H3. The molecule has 0 aromatic heterocycles. The maximum atomic E-state index is 12.6. The predicted molar refractivity (Wildman–Crippen MR) is 83.1 cm³/mol. The number of amides is 1. The summed E-state index contributed by atoms with van der Waals surface area (Å²) in [5.41, 5.74) is 1.10. The number of hydrogen-bond acceptors (Lipinski definition) is 3. The van der Waals surface area contributed by atoms with E-state index in [1.54, 1.807) is 13.0 Å². The Morgan fingerprint density at radius 3 is 2.62 bits per heavy atom. The van der Waals surface area contributed by atoms with E-state index in [1.807, 2.05) is 4.90 Å². The Morgan fingerprint density at radius 1 is 1.24 bits per heavy atom. The summed E-state index contributed by atoms with van der Waals surface area (Å²) in [6.07, 6.45) is 3.09. The van der Waals surface area contributed by atoms with Crippen molar-refractivity contribution >= 4 is 25.6 Å². The van der Waals surface area contributed by atoms with Gasteiger partial charge in [-0.3, -0.25) is 4.79 Å². The molecule has 1 atom stereocenters. The molecule has 0 bridgehead atoms. The smallest absolute Gasteiger partial charge is 0.261 e. The second kappa shape index (κ2) is 6.36. The summed E-state index contributed by atoms with van der Waals surface area (Å²) in [5.74, 6) is 0.508. The van der Waals surface area contributed by atoms with Gasteiger partial charge in [0.25, 0.3) is 15.0 Å². The molecule has 116 valence electrons. The lowest BCUT2D eigenvalue weighted by atomic mass is 10.0. The van der Waals surface area contributed by atoms with Crippen molar-refractivity contribution < 1.29 is 13.2 Å². The van der Waals surface area contributed by atoms with Gasteiger partial charge in [0.1, 0.15) is 0 Å². The van der Waals surface area contributed by atoms with Gasteiger partial charge < -0.3 is 4.90 Å². The summed E-state index contributed by atoms with van der Waals surface area (Å²) in [6.45, 7) is 5.39. The van der Waals surface area contributed by atoms with Crippen molar-refractivity contribution in [3.05, 3.63) is 29.3 Å². The van der Waals surface area contributed by atoms with Crippen molar-refractivity contribution in [3.8, 4) is 0 Å². The highest BCUT2D eigenvalue weighted by molar-refractivity contribution is 8.13. The number of likely N-dealkylation sites (tertiary alicyclic amines) is 1. The molecule has 4 nitrogen and oxygen atoms in total. The molecule has 1 aromatic rings. The second-order valence-electron chi connectivity index (χ2n) is 5.80. The van der Waals surface area contributed by atoms with Crippen molar-refractivity contribution in [2.45, 2.75) is 38.0 Å². The first-order valence-electron chi connectivity index (χ1n) is 7.13. The van der Waals surface area contributed by atoms with Crippen molar-refractivity contribution in [3.63, 3.8) is 0 Å². The summed E-state index contributed by atoms with van der Waals surface area (Å²) in [6, 6.07) is 4.55. The Bertz CT molecular complexity index is 642. The first-order valence-corrected chi connectivity index (χ1v) is 9.44. The third-order valence-electron chi connectivity index (χ3n) is 3.88. The number of nitrogens with zero attached hydrogens (tertiary/aromatic N) is 1. The van der Waals surface area contributed by atoms with Crippen LogP contribution in [0.15, 0.2) is 23.1 Å². The first-order chi connectivity index (χ1) is 9.77. The Labute approximate surface area is 130 Å². The lowest BCUT2D eigenvalue weighted by Gasteiger charge is -2.21. The predicted octanol–water partition coefficient (Wildman–Crippen LogP) is 3.18. The van der Waals surface area contributed by atoms with Crippen LogP contribution in [-0.2, 0) is 9.05 Å². The largest absolute Gasteiger partial charge is 0.339 e. The van der Waals surface area contributed by atoms with Crippen LogP contribution in [0.3, 0.4) is 0 Å². The molecule has 0 saturated carbocycles. The molecule has 0 spiro atoms. The highest BCUT2D eigenvalue weighted by Gasteiger charge is 2.21. The molecule has 1 aliphatic rings. The van der Waals surface area contributed by atoms with Crippen LogP contribution in [-0.4, -0.2) is 32.3 Å². The SMILES string of the molecule is Cc1cc(C(=O)N2CCCC(C)CC2)cc(S(=O)(=O)Cl)c1. The maximum Gasteiger partial charge on any atom is 0.261 e. The molecule has 2 rings (SSSR count). The quantitative estimate of drug-likeness (QED) is 0.783. The van der Waals surface area contributed by atoms with Gasteiger partial charge in [0, 0.05) is 29.3 Å². The van der Waals surface area contributed by atoms with Crippen molar-refractivity contribution in [2.24, 2.45) is 5.92 Å². The Hall–Kier alpha value is -1.07. The van der Waals surface area contributed by atoms with Gasteiger partial charge in [-0.25, -0.2) is 8.42 Å². The van der Waals surface area contributed by atoms with Crippen molar-refractivity contribution in [2.75, 3.05) is 13.1 Å². The molecule has 0 radical (unpaired) electrons. The van der Waals surface area contributed by atoms with E-state index in [-0.39, 0.29) is 10.8 Å². The fourth-order valence-corrected chi connectivity index (χ4v) is 3.52. The van der Waals surface area contributed by atoms with E-state index in [2.05, 4.69) is 6.92 Å². The zero-order valence-electron chi connectivity index (χ0n) is 12.3. The molecule has 1 aliphatic heterocycles. The Morgan fingerprint density at radius 2 is 1.95 bits per heavy atom. The molecular weight excluding hydrogens is 310 g/mol. The monoisotopic (exact) mass is 329 g/mol. The molecule has 0 aliphatic carbocycles. The van der Waals surface area contributed by atoms with Gasteiger partial charge >= 0.3 is 0 Å². The molecule has 0 N–H and O–H groups in total. The topological polar surface area (TPSA) is 54.5 Å². The molecule has 1 fully saturated rings. The van der Waals surface area contributed by atoms with Gasteiger partial charge in [-0.2, -0.15) is 0 Å². The molecule has 1 heterocycles. The van der Waals surface area contributed by atoms with Gasteiger partial charge in [0.05, 0.1) is 4.90 Å². The number of carbonyl (C=O) groups excluding carboxylic acids is 1. The molecule has 1 unspecified atom stereocenters. The van der Waals surface area contributed by atoms with Crippen LogP contribution < -0.4 is 0 Å². The Kier molecular flexibility index (Phi) is 4.94. The minimum absolute atomic E-state index is 0.0179. The summed E-state index contributed by atoms with van der Waals surface area (Å²) in [7, 11) is 1.56. The highest BCUT2D eigenvalue weighted by atomic mass is 35.7. The van der Waals surface area contributed by atoms with Crippen LogP contribution in [0.1, 0.15) is 42.1 Å². The lowest BCUT2D eigenvalue weighted by Crippen LogP contribution is -2.32. The number of aryl methyl sites for hydroxylation is 1. The van der Waals surface area contributed by atoms with Crippen LogP contribution in [0.25, 0.3) is 0 Å². The van der Waals surface area contributed by atoms with Crippen LogP contribution in [0.5, 0.6) is 0 Å². The van der Waals surface area contributed by atoms with E-state index in [4.69, 9.17) is 10.7 Å². The molecule has 1 saturated heterocycles. The molecule has 1 aromatic carbocycles. The van der Waals surface area contributed by atoms with Crippen molar-refractivity contribution in [1.82, 2.24) is 4.90 Å². The third-order valence-corrected chi connectivity index (χ3v) is 5.22. The number of rotatable bonds is 2. The minimum atomic E-state index is -3.83. The number of carbonyl (C=O) groups is 1. The molecule has 6 heteroatoms. The number of benzene rings is 1. The zero-order chi connectivity index (χ0) is 15.6. The number of hydrogen-bond donors (Lipinski definition) is 0. The van der Waals surface area contributed by atoms with Crippen LogP contribution in [0.2, 0.25) is 0 Å². The van der Waals surface area contributed by atoms with E-state index < -0.39 is 9.05 Å². The summed E-state index contributed by atoms with van der Waals surface area (Å²) < 4.78 is 22.9. The van der Waals surface area contributed by atoms with Crippen molar-refractivity contribution in [1.29, 1.82) is 0 Å². The van der Waals surface area contributed by atoms with E-state index in [0.717, 1.165) is 32.4 Å². The van der Waals surface area contributed by atoms with Gasteiger partial charge in [0.2, 0.25) is 0 Å². The van der Waals surface area contributed by atoms with E-state index >= 15 is 0 Å². The normalized spacial score (nSPS) is 20.1. The van der Waals surface area contributed by atoms with Gasteiger partial charge in [-0.05, 0) is 55.9 Å². The Balaban J connectivity index is 2.28. The average Bonchev–Trinajstić information content (AvgIpc) is 2.61. The van der Waals surface area contributed by atoms with Crippen LogP contribution in [0.4, 0.5) is 0 Å². The zero-order valence-corrected chi connectivity index (χ0v) is 13.9. The fraction of sp³-hybridized carbons (Fsp3) is 0.533. The van der Waals surface area contributed by atoms with E-state index in [0.29, 0.717) is 17.0 Å². The highest BCUT2D eigenvalue weighted by Crippen LogP contribution is 2.22. The third kappa shape index (κ3) is 4.20. The van der Waals surface area contributed by atoms with Crippen LogP contribution in [0, 0.1) is 12.8 Å². The molecular formula is C15H20ClNO3S. The van der Waals surface area contributed by atoms with Gasteiger partial charge in [-0.1, -0.05) is 6.92 Å². The maximum absolute atomic E-state index is 12.6. The summed E-state index contributed by atoms with van der Waals surface area (Å²) in [4.78, 5) is 14.4.